The highest BCUT2D eigenvalue weighted by molar-refractivity contribution is 5.88. The Morgan fingerprint density at radius 3 is 2.43 bits per heavy atom. The summed E-state index contributed by atoms with van der Waals surface area (Å²) in [6, 6.07) is 0. The van der Waals surface area contributed by atoms with E-state index >= 15 is 0 Å². The molecule has 39 valence electrons. The molecule has 7 heavy (non-hydrogen) atoms. The molecule has 0 aliphatic heterocycles. The summed E-state index contributed by atoms with van der Waals surface area (Å²) in [4.78, 5) is 9.79. The molecular formula is C4H6NO2. The molecule has 0 aliphatic carbocycles. The third kappa shape index (κ3) is 1.94. The fourth-order valence-electron chi connectivity index (χ4n) is 0.101. The molecule has 0 aromatic heterocycles. The minimum atomic E-state index is -0.852. The SMILES string of the molecule is C=C[C](O)[14C](N)=O. The highest BCUT2D eigenvalue weighted by atomic mass is 16.4. The molecule has 0 fully saturated rings. The second kappa shape index (κ2) is 2.36. The first-order valence-corrected chi connectivity index (χ1v) is 1.66. The van der Waals surface area contributed by atoms with Crippen molar-refractivity contribution in [2.45, 2.75) is 0 Å². The van der Waals surface area contributed by atoms with Crippen LogP contribution in [0.1, 0.15) is 0 Å². The highest BCUT2D eigenvalue weighted by Crippen LogP contribution is 1.88. The Morgan fingerprint density at radius 2 is 2.43 bits per heavy atom. The van der Waals surface area contributed by atoms with Crippen LogP contribution in [0, 0.1) is 6.10 Å². The minimum Gasteiger partial charge on any atom is -0.373 e. The van der Waals surface area contributed by atoms with Crippen LogP contribution in [-0.4, -0.2) is 11.0 Å². The zero-order valence-corrected chi connectivity index (χ0v) is 3.72. The molecule has 0 heterocycles. The molecule has 0 aliphatic rings. The van der Waals surface area contributed by atoms with E-state index in [1.54, 1.807) is 0 Å². The van der Waals surface area contributed by atoms with E-state index in [2.05, 4.69) is 12.3 Å². The van der Waals surface area contributed by atoms with Crippen molar-refractivity contribution in [2.75, 3.05) is 0 Å². The molecular weight excluding hydrogens is 96.0 g/mol. The van der Waals surface area contributed by atoms with Gasteiger partial charge in [0.1, 0.15) is 0 Å². The van der Waals surface area contributed by atoms with Crippen molar-refractivity contribution in [1.82, 2.24) is 0 Å². The number of hydrogen-bond donors (Lipinski definition) is 2. The van der Waals surface area contributed by atoms with E-state index in [0.717, 1.165) is 6.08 Å². The van der Waals surface area contributed by atoms with Crippen LogP contribution in [0.2, 0.25) is 0 Å². The van der Waals surface area contributed by atoms with E-state index in [1.165, 1.54) is 0 Å². The molecule has 0 bridgehead atoms. The van der Waals surface area contributed by atoms with Gasteiger partial charge >= 0.3 is 0 Å². The summed E-state index contributed by atoms with van der Waals surface area (Å²) in [5.74, 6) is -0.852. The predicted molar refractivity (Wildman–Crippen MR) is 24.6 cm³/mol. The van der Waals surface area contributed by atoms with E-state index < -0.39 is 12.0 Å². The molecule has 0 aromatic carbocycles. The molecule has 3 N–H and O–H groups in total. The number of amides is 1. The zero-order valence-electron chi connectivity index (χ0n) is 3.72. The third-order valence-corrected chi connectivity index (χ3v) is 0.446. The van der Waals surface area contributed by atoms with Crippen molar-refractivity contribution < 1.29 is 9.90 Å². The molecule has 0 saturated heterocycles. The van der Waals surface area contributed by atoms with Crippen LogP contribution in [0.15, 0.2) is 12.7 Å². The van der Waals surface area contributed by atoms with Gasteiger partial charge in [0.2, 0.25) is 6.10 Å². The van der Waals surface area contributed by atoms with Gasteiger partial charge < -0.3 is 10.8 Å². The Balaban J connectivity index is 3.55. The Kier molecular flexibility index (Phi) is 2.08. The van der Waals surface area contributed by atoms with Gasteiger partial charge in [0, 0.05) is 0 Å². The molecule has 0 unspecified atom stereocenters. The van der Waals surface area contributed by atoms with E-state index in [1.807, 2.05) is 0 Å². The number of nitrogens with two attached hydrogens (primary N) is 1. The lowest BCUT2D eigenvalue weighted by molar-refractivity contribution is -0.119. The lowest BCUT2D eigenvalue weighted by Crippen LogP contribution is -2.18. The van der Waals surface area contributed by atoms with Crippen molar-refractivity contribution in [1.29, 1.82) is 0 Å². The van der Waals surface area contributed by atoms with Crippen LogP contribution in [0.4, 0.5) is 0 Å². The first kappa shape index (κ1) is 6.17. The number of carbonyl (C=O) groups is 1. The van der Waals surface area contributed by atoms with Gasteiger partial charge in [-0.05, 0) is 6.08 Å². The number of aliphatic hydroxyl groups excluding tert-OH is 1. The molecule has 3 nitrogen and oxygen atoms in total. The van der Waals surface area contributed by atoms with Crippen LogP contribution in [0.3, 0.4) is 0 Å². The van der Waals surface area contributed by atoms with E-state index in [9.17, 15) is 4.79 Å². The fraction of sp³-hybridized carbons (Fsp3) is 0. The van der Waals surface area contributed by atoms with Gasteiger partial charge in [0.25, 0.3) is 5.91 Å². The molecule has 0 rings (SSSR count). The first-order valence-electron chi connectivity index (χ1n) is 1.66. The molecule has 0 aromatic rings. The van der Waals surface area contributed by atoms with Crippen molar-refractivity contribution >= 4 is 5.91 Å². The van der Waals surface area contributed by atoms with Crippen LogP contribution >= 0.6 is 0 Å². The van der Waals surface area contributed by atoms with Gasteiger partial charge in [-0.2, -0.15) is 0 Å². The van der Waals surface area contributed by atoms with Crippen LogP contribution in [0.5, 0.6) is 0 Å². The van der Waals surface area contributed by atoms with E-state index in [4.69, 9.17) is 5.11 Å². The topological polar surface area (TPSA) is 63.3 Å². The lowest BCUT2D eigenvalue weighted by Gasteiger charge is -1.91. The van der Waals surface area contributed by atoms with E-state index in [0.29, 0.717) is 0 Å². The van der Waals surface area contributed by atoms with Gasteiger partial charge in [0.05, 0.1) is 0 Å². The van der Waals surface area contributed by atoms with Crippen molar-refractivity contribution in [3.05, 3.63) is 18.8 Å². The number of primary amides is 1. The summed E-state index contributed by atoms with van der Waals surface area (Å²) in [6.07, 6.45) is 0.488. The zero-order chi connectivity index (χ0) is 5.86. The standard InChI is InChI=1S/C4H6NO2/c1-2-3(6)4(5)7/h2,6H,1H2,(H2,5,7)/i4+2. The average molecular weight is 102 g/mol. The van der Waals surface area contributed by atoms with Gasteiger partial charge in [-0.3, -0.25) is 4.79 Å². The predicted octanol–water partition coefficient (Wildman–Crippen LogP) is -0.438. The largest absolute Gasteiger partial charge is 0.373 e. The summed E-state index contributed by atoms with van der Waals surface area (Å²) in [5.41, 5.74) is 4.55. The van der Waals surface area contributed by atoms with Crippen LogP contribution in [0.25, 0.3) is 0 Å². The summed E-state index contributed by atoms with van der Waals surface area (Å²) in [7, 11) is 0. The molecule has 0 saturated carbocycles. The number of carbonyl (C=O) groups excluding carboxylic acids is 1. The van der Waals surface area contributed by atoms with Crippen molar-refractivity contribution in [3.63, 3.8) is 0 Å². The van der Waals surface area contributed by atoms with Crippen molar-refractivity contribution in [3.8, 4) is 0 Å². The normalized spacial score (nSPS) is 8.86. The molecule has 0 atom stereocenters. The fourth-order valence-corrected chi connectivity index (χ4v) is 0.101. The second-order valence-electron chi connectivity index (χ2n) is 0.954. The van der Waals surface area contributed by atoms with Gasteiger partial charge in [-0.15, -0.1) is 0 Å². The maximum atomic E-state index is 9.79. The van der Waals surface area contributed by atoms with Crippen molar-refractivity contribution in [2.24, 2.45) is 5.73 Å². The Labute approximate surface area is 41.4 Å². The average Bonchev–Trinajstić information content (AvgIpc) is 1.65. The Hall–Kier alpha value is -0.830. The summed E-state index contributed by atoms with van der Waals surface area (Å²) in [6.45, 7) is 3.09. The smallest absolute Gasteiger partial charge is 0.257 e. The number of rotatable bonds is 2. The lowest BCUT2D eigenvalue weighted by atomic mass is 10.6. The quantitative estimate of drug-likeness (QED) is 0.496. The summed E-state index contributed by atoms with van der Waals surface area (Å²) in [5, 5.41) is 8.26. The second-order valence-corrected chi connectivity index (χ2v) is 0.954. The Morgan fingerprint density at radius 1 is 2.00 bits per heavy atom. The first-order chi connectivity index (χ1) is 3.18. The monoisotopic (exact) mass is 102 g/mol. The van der Waals surface area contributed by atoms with Gasteiger partial charge in [-0.1, -0.05) is 6.58 Å². The minimum absolute atomic E-state index is 0.500. The molecule has 3 heteroatoms. The maximum Gasteiger partial charge on any atom is 0.257 e. The Bertz CT molecular complexity index is 89.7. The number of aliphatic hydroxyl groups is 1. The van der Waals surface area contributed by atoms with E-state index in [-0.39, 0.29) is 0 Å². The number of hydrogen-bond acceptors (Lipinski definition) is 2. The van der Waals surface area contributed by atoms with Crippen LogP contribution in [-0.2, 0) is 4.79 Å². The van der Waals surface area contributed by atoms with Gasteiger partial charge in [0.15, 0.2) is 0 Å². The molecule has 1 radical (unpaired) electrons. The molecule has 1 amide bonds. The van der Waals surface area contributed by atoms with Gasteiger partial charge in [-0.25, -0.2) is 0 Å². The summed E-state index contributed by atoms with van der Waals surface area (Å²) >= 11 is 0. The summed E-state index contributed by atoms with van der Waals surface area (Å²) < 4.78 is 0. The highest BCUT2D eigenvalue weighted by Gasteiger charge is 2.04. The van der Waals surface area contributed by atoms with Crippen LogP contribution < -0.4 is 5.73 Å². The molecule has 0 spiro atoms. The maximum absolute atomic E-state index is 9.79. The third-order valence-electron chi connectivity index (χ3n) is 0.446.